The number of thiazole rings is 1. The summed E-state index contributed by atoms with van der Waals surface area (Å²) in [6, 6.07) is 26.6. The molecule has 0 fully saturated rings. The molecule has 0 amide bonds. The molecule has 4 rings (SSSR count). The standard InChI is InChI=1S/C25H21N3OS/c1-29-22-11-9-20(10-12-22)23(24-16-30-25(27)28-24)14-17-5-7-19(8-6-17)21-4-2-3-18(13-21)15-26/h2-13,16,23H,14H2,1H3,(H2,27,28)/p+1/t23-/m0/s1. The average Bonchev–Trinajstić information content (AvgIpc) is 3.24. The van der Waals surface area contributed by atoms with Gasteiger partial charge in [-0.3, -0.25) is 5.73 Å². The molecule has 4 nitrogen and oxygen atoms in total. The van der Waals surface area contributed by atoms with Gasteiger partial charge in [-0.05, 0) is 52.9 Å². The molecule has 3 aromatic carbocycles. The quantitative estimate of drug-likeness (QED) is 0.481. The zero-order chi connectivity index (χ0) is 20.9. The van der Waals surface area contributed by atoms with E-state index in [2.05, 4.69) is 52.8 Å². The number of anilines is 1. The Balaban J connectivity index is 1.61. The van der Waals surface area contributed by atoms with Crippen LogP contribution in [0.4, 0.5) is 5.13 Å². The van der Waals surface area contributed by atoms with Crippen LogP contribution in [0.2, 0.25) is 0 Å². The lowest BCUT2D eigenvalue weighted by atomic mass is 9.89. The number of methoxy groups -OCH3 is 1. The number of aromatic nitrogens is 1. The Hall–Kier alpha value is -3.62. The van der Waals surface area contributed by atoms with Crippen molar-refractivity contribution >= 4 is 16.5 Å². The third kappa shape index (κ3) is 4.35. The Morgan fingerprint density at radius 2 is 1.80 bits per heavy atom. The monoisotopic (exact) mass is 412 g/mol. The predicted molar refractivity (Wildman–Crippen MR) is 120 cm³/mol. The van der Waals surface area contributed by atoms with Gasteiger partial charge in [0.05, 0.1) is 24.7 Å². The van der Waals surface area contributed by atoms with Gasteiger partial charge in [-0.15, -0.1) is 0 Å². The minimum atomic E-state index is 0.164. The summed E-state index contributed by atoms with van der Waals surface area (Å²) >= 11 is 1.52. The highest BCUT2D eigenvalue weighted by atomic mass is 32.1. The van der Waals surface area contributed by atoms with Crippen LogP contribution in [0.3, 0.4) is 0 Å². The molecule has 0 unspecified atom stereocenters. The van der Waals surface area contributed by atoms with Gasteiger partial charge < -0.3 is 4.74 Å². The van der Waals surface area contributed by atoms with Gasteiger partial charge in [0.2, 0.25) is 0 Å². The summed E-state index contributed by atoms with van der Waals surface area (Å²) in [5.41, 5.74) is 12.3. The first-order valence-corrected chi connectivity index (χ1v) is 10.5. The maximum Gasteiger partial charge on any atom is 0.329 e. The zero-order valence-electron chi connectivity index (χ0n) is 16.6. The minimum Gasteiger partial charge on any atom is -0.497 e. The van der Waals surface area contributed by atoms with Crippen LogP contribution < -0.4 is 15.5 Å². The van der Waals surface area contributed by atoms with E-state index in [9.17, 15) is 0 Å². The molecular weight excluding hydrogens is 390 g/mol. The fourth-order valence-electron chi connectivity index (χ4n) is 3.58. The Morgan fingerprint density at radius 1 is 1.03 bits per heavy atom. The Labute approximate surface area is 180 Å². The molecule has 5 heteroatoms. The maximum absolute atomic E-state index is 9.13. The van der Waals surface area contributed by atoms with E-state index in [0.29, 0.717) is 10.7 Å². The summed E-state index contributed by atoms with van der Waals surface area (Å²) in [5.74, 6) is 1.01. The summed E-state index contributed by atoms with van der Waals surface area (Å²) in [6.45, 7) is 0. The summed E-state index contributed by atoms with van der Waals surface area (Å²) < 4.78 is 5.30. The van der Waals surface area contributed by atoms with Gasteiger partial charge in [-0.1, -0.05) is 59.9 Å². The number of hydrogen-bond acceptors (Lipinski definition) is 4. The second-order valence-electron chi connectivity index (χ2n) is 7.10. The highest BCUT2D eigenvalue weighted by Gasteiger charge is 2.20. The first-order chi connectivity index (χ1) is 14.7. The number of ether oxygens (including phenoxy) is 1. The van der Waals surface area contributed by atoms with Crippen molar-refractivity contribution in [3.05, 3.63) is 101 Å². The fraction of sp³-hybridized carbons (Fsp3) is 0.120. The molecule has 30 heavy (non-hydrogen) atoms. The molecule has 1 heterocycles. The number of nitrogens with one attached hydrogen (secondary N) is 1. The number of nitrogens with zero attached hydrogens (tertiary/aromatic N) is 1. The number of benzene rings is 3. The van der Waals surface area contributed by atoms with E-state index < -0.39 is 0 Å². The van der Waals surface area contributed by atoms with Crippen LogP contribution in [-0.2, 0) is 6.42 Å². The summed E-state index contributed by atoms with van der Waals surface area (Å²) in [7, 11) is 1.67. The molecule has 0 aliphatic heterocycles. The van der Waals surface area contributed by atoms with Crippen LogP contribution in [0.5, 0.6) is 5.75 Å². The minimum absolute atomic E-state index is 0.164. The molecule has 3 N–H and O–H groups in total. The number of nitriles is 1. The molecule has 0 spiro atoms. The van der Waals surface area contributed by atoms with Crippen LogP contribution in [0.15, 0.2) is 78.2 Å². The van der Waals surface area contributed by atoms with Gasteiger partial charge in [0.1, 0.15) is 11.4 Å². The van der Waals surface area contributed by atoms with Crippen molar-refractivity contribution in [1.82, 2.24) is 0 Å². The largest absolute Gasteiger partial charge is 0.497 e. The average molecular weight is 413 g/mol. The Morgan fingerprint density at radius 3 is 2.43 bits per heavy atom. The normalized spacial score (nSPS) is 11.6. The smallest absolute Gasteiger partial charge is 0.329 e. The van der Waals surface area contributed by atoms with Gasteiger partial charge in [0, 0.05) is 5.38 Å². The van der Waals surface area contributed by atoms with Crippen molar-refractivity contribution in [3.8, 4) is 22.9 Å². The molecule has 0 aliphatic carbocycles. The van der Waals surface area contributed by atoms with E-state index in [1.165, 1.54) is 22.5 Å². The molecule has 0 saturated carbocycles. The molecular formula is C25H22N3OS+. The van der Waals surface area contributed by atoms with Gasteiger partial charge in [-0.2, -0.15) is 5.26 Å². The first kappa shape index (κ1) is 19.7. The highest BCUT2D eigenvalue weighted by Crippen LogP contribution is 2.30. The second kappa shape index (κ2) is 8.81. The summed E-state index contributed by atoms with van der Waals surface area (Å²) in [4.78, 5) is 3.31. The molecule has 0 bridgehead atoms. The maximum atomic E-state index is 9.13. The molecule has 0 radical (unpaired) electrons. The van der Waals surface area contributed by atoms with Gasteiger partial charge in [-0.25, -0.2) is 4.98 Å². The molecule has 0 aliphatic rings. The van der Waals surface area contributed by atoms with Crippen molar-refractivity contribution in [2.45, 2.75) is 12.3 Å². The number of nitrogens with two attached hydrogens (primary N) is 1. The van der Waals surface area contributed by atoms with Crippen molar-refractivity contribution < 1.29 is 9.72 Å². The van der Waals surface area contributed by atoms with Gasteiger partial charge in [0.15, 0.2) is 0 Å². The van der Waals surface area contributed by atoms with Crippen LogP contribution in [-0.4, -0.2) is 7.11 Å². The van der Waals surface area contributed by atoms with Crippen molar-refractivity contribution in [1.29, 1.82) is 5.26 Å². The van der Waals surface area contributed by atoms with E-state index in [-0.39, 0.29) is 5.92 Å². The van der Waals surface area contributed by atoms with Crippen LogP contribution in [0.1, 0.15) is 28.3 Å². The zero-order valence-corrected chi connectivity index (χ0v) is 17.4. The topological polar surface area (TPSA) is 73.2 Å². The van der Waals surface area contributed by atoms with Gasteiger partial charge in [0.25, 0.3) is 0 Å². The lowest BCUT2D eigenvalue weighted by Crippen LogP contribution is -2.17. The molecule has 1 atom stereocenters. The van der Waals surface area contributed by atoms with E-state index in [1.54, 1.807) is 7.11 Å². The SMILES string of the molecule is COc1ccc([C@H](Cc2ccc(-c3cccc(C#N)c3)cc2)c2csc(N)[nH+]2)cc1. The molecule has 148 valence electrons. The van der Waals surface area contributed by atoms with Crippen molar-refractivity contribution in [2.24, 2.45) is 0 Å². The molecule has 0 saturated heterocycles. The van der Waals surface area contributed by atoms with E-state index in [0.717, 1.165) is 29.0 Å². The van der Waals surface area contributed by atoms with Crippen LogP contribution in [0.25, 0.3) is 11.1 Å². The molecule has 1 aromatic heterocycles. The highest BCUT2D eigenvalue weighted by molar-refractivity contribution is 7.13. The third-order valence-electron chi connectivity index (χ3n) is 5.19. The van der Waals surface area contributed by atoms with Crippen LogP contribution >= 0.6 is 11.3 Å². The first-order valence-electron chi connectivity index (χ1n) is 9.66. The lowest BCUT2D eigenvalue weighted by molar-refractivity contribution is -0.368. The third-order valence-corrected chi connectivity index (χ3v) is 5.92. The van der Waals surface area contributed by atoms with E-state index in [1.807, 2.05) is 36.4 Å². The summed E-state index contributed by atoms with van der Waals surface area (Å²) in [6.07, 6.45) is 0.845. The number of rotatable bonds is 6. The Bertz CT molecular complexity index is 1170. The second-order valence-corrected chi connectivity index (χ2v) is 8.01. The number of nitrogen functional groups attached to an aromatic ring is 1. The molecule has 4 aromatic rings. The fourth-order valence-corrected chi connectivity index (χ4v) is 4.23. The van der Waals surface area contributed by atoms with Crippen LogP contribution in [0, 0.1) is 11.3 Å². The Kier molecular flexibility index (Phi) is 5.78. The number of aromatic amines is 1. The summed E-state index contributed by atoms with van der Waals surface area (Å²) in [5, 5.41) is 11.9. The van der Waals surface area contributed by atoms with E-state index >= 15 is 0 Å². The lowest BCUT2D eigenvalue weighted by Gasteiger charge is -2.15. The van der Waals surface area contributed by atoms with E-state index in [4.69, 9.17) is 15.7 Å². The predicted octanol–water partition coefficient (Wildman–Crippen LogP) is 5.07. The number of H-pyrrole nitrogens is 1. The number of hydrogen-bond donors (Lipinski definition) is 1. The van der Waals surface area contributed by atoms with Crippen molar-refractivity contribution in [2.75, 3.05) is 12.8 Å². The van der Waals surface area contributed by atoms with Gasteiger partial charge >= 0.3 is 5.13 Å². The van der Waals surface area contributed by atoms with Crippen molar-refractivity contribution in [3.63, 3.8) is 0 Å².